The third kappa shape index (κ3) is 4.14. The number of carbonyl (C=O) groups is 1. The number of nitrogens with zero attached hydrogens (tertiary/aromatic N) is 5. The number of hydrogen-bond acceptors (Lipinski definition) is 6. The Kier molecular flexibility index (Phi) is 5.23. The summed E-state index contributed by atoms with van der Waals surface area (Å²) in [5, 5.41) is 2.79. The number of amides is 1. The Morgan fingerprint density at radius 3 is 2.82 bits per heavy atom. The summed E-state index contributed by atoms with van der Waals surface area (Å²) in [6.45, 7) is 3.69. The van der Waals surface area contributed by atoms with Gasteiger partial charge in [-0.25, -0.2) is 19.9 Å². The number of carbonyl (C=O) groups excluding carboxylic acids is 1. The van der Waals surface area contributed by atoms with Crippen molar-refractivity contribution in [1.29, 1.82) is 0 Å². The first-order chi connectivity index (χ1) is 13.7. The van der Waals surface area contributed by atoms with Crippen molar-refractivity contribution in [3.05, 3.63) is 72.1 Å². The van der Waals surface area contributed by atoms with E-state index in [4.69, 9.17) is 0 Å². The lowest BCUT2D eigenvalue weighted by atomic mass is 9.94. The van der Waals surface area contributed by atoms with Crippen LogP contribution in [0.4, 0.5) is 11.6 Å². The first-order valence-electron chi connectivity index (χ1n) is 9.43. The van der Waals surface area contributed by atoms with Gasteiger partial charge in [-0.1, -0.05) is 12.1 Å². The molecule has 142 valence electrons. The van der Waals surface area contributed by atoms with Crippen molar-refractivity contribution in [3.8, 4) is 0 Å². The summed E-state index contributed by atoms with van der Waals surface area (Å²) < 4.78 is 0. The first kappa shape index (κ1) is 18.0. The molecule has 0 unspecified atom stereocenters. The zero-order chi connectivity index (χ0) is 19.3. The van der Waals surface area contributed by atoms with Crippen molar-refractivity contribution in [3.63, 3.8) is 0 Å². The molecule has 3 aromatic rings. The van der Waals surface area contributed by atoms with Crippen LogP contribution in [0.5, 0.6) is 0 Å². The molecule has 7 nitrogen and oxygen atoms in total. The second-order valence-electron chi connectivity index (χ2n) is 6.86. The molecular weight excluding hydrogens is 352 g/mol. The molecule has 1 saturated heterocycles. The second-order valence-corrected chi connectivity index (χ2v) is 6.86. The molecule has 1 fully saturated rings. The highest BCUT2D eigenvalue weighted by Gasteiger charge is 2.24. The maximum absolute atomic E-state index is 12.5. The van der Waals surface area contributed by atoms with Crippen LogP contribution >= 0.6 is 0 Å². The molecule has 0 aromatic carbocycles. The zero-order valence-electron chi connectivity index (χ0n) is 15.7. The lowest BCUT2D eigenvalue weighted by Crippen LogP contribution is -2.35. The van der Waals surface area contributed by atoms with Gasteiger partial charge in [0.15, 0.2) is 0 Å². The Morgan fingerprint density at radius 2 is 2.00 bits per heavy atom. The van der Waals surface area contributed by atoms with Gasteiger partial charge in [-0.3, -0.25) is 4.79 Å². The molecule has 0 spiro atoms. The summed E-state index contributed by atoms with van der Waals surface area (Å²) >= 11 is 0. The highest BCUT2D eigenvalue weighted by Crippen LogP contribution is 2.28. The van der Waals surface area contributed by atoms with Crippen molar-refractivity contribution < 1.29 is 4.79 Å². The van der Waals surface area contributed by atoms with Crippen LogP contribution in [0.25, 0.3) is 0 Å². The normalized spacial score (nSPS) is 16.6. The van der Waals surface area contributed by atoms with Crippen LogP contribution in [0.15, 0.2) is 54.9 Å². The lowest BCUT2D eigenvalue weighted by molar-refractivity contribution is 0.102. The van der Waals surface area contributed by atoms with Gasteiger partial charge in [0.25, 0.3) is 5.91 Å². The van der Waals surface area contributed by atoms with Crippen LogP contribution in [0.1, 0.15) is 40.8 Å². The summed E-state index contributed by atoms with van der Waals surface area (Å²) in [5.74, 6) is 2.24. The molecule has 0 radical (unpaired) electrons. The standard InChI is InChI=1S/C21H22N6O/c1-15-22-12-10-20(24-15)27-13-5-6-16(14-27)17-7-4-8-18(25-17)21(28)26-19-9-2-3-11-23-19/h2-4,7-12,16H,5-6,13-14H2,1H3,(H,23,26,28)/t16-/m0/s1. The van der Waals surface area contributed by atoms with Gasteiger partial charge in [0, 0.05) is 37.1 Å². The molecule has 3 aromatic heterocycles. The van der Waals surface area contributed by atoms with E-state index in [1.165, 1.54) is 0 Å². The van der Waals surface area contributed by atoms with Crippen molar-refractivity contribution >= 4 is 17.5 Å². The number of pyridine rings is 2. The number of rotatable bonds is 4. The average Bonchev–Trinajstić information content (AvgIpc) is 2.75. The minimum atomic E-state index is -0.250. The van der Waals surface area contributed by atoms with Gasteiger partial charge in [-0.05, 0) is 50.1 Å². The van der Waals surface area contributed by atoms with E-state index in [0.29, 0.717) is 11.5 Å². The van der Waals surface area contributed by atoms with E-state index in [2.05, 4.69) is 30.2 Å². The average molecular weight is 374 g/mol. The largest absolute Gasteiger partial charge is 0.356 e. The van der Waals surface area contributed by atoms with Gasteiger partial charge in [-0.2, -0.15) is 0 Å². The minimum absolute atomic E-state index is 0.250. The molecule has 7 heteroatoms. The Labute approximate surface area is 163 Å². The van der Waals surface area contributed by atoms with E-state index in [9.17, 15) is 4.79 Å². The summed E-state index contributed by atoms with van der Waals surface area (Å²) in [4.78, 5) is 32.3. The molecular formula is C21H22N6O. The van der Waals surface area contributed by atoms with E-state index in [1.54, 1.807) is 24.5 Å². The number of nitrogens with one attached hydrogen (secondary N) is 1. The second kappa shape index (κ2) is 8.12. The SMILES string of the molecule is Cc1nccc(N2CCC[C@H](c3cccc(C(=O)Nc4ccccn4)n3)C2)n1. The van der Waals surface area contributed by atoms with Crippen molar-refractivity contribution in [2.75, 3.05) is 23.3 Å². The Balaban J connectivity index is 1.49. The van der Waals surface area contributed by atoms with E-state index in [1.807, 2.05) is 37.3 Å². The molecule has 0 aliphatic carbocycles. The maximum Gasteiger partial charge on any atom is 0.275 e. The maximum atomic E-state index is 12.5. The summed E-state index contributed by atoms with van der Waals surface area (Å²) in [6, 6.07) is 13.0. The summed E-state index contributed by atoms with van der Waals surface area (Å²) in [7, 11) is 0. The van der Waals surface area contributed by atoms with Crippen molar-refractivity contribution in [1.82, 2.24) is 19.9 Å². The third-order valence-electron chi connectivity index (χ3n) is 4.83. The van der Waals surface area contributed by atoms with E-state index < -0.39 is 0 Å². The van der Waals surface area contributed by atoms with Crippen LogP contribution in [-0.4, -0.2) is 38.9 Å². The fourth-order valence-corrected chi connectivity index (χ4v) is 3.47. The van der Waals surface area contributed by atoms with E-state index in [0.717, 1.165) is 43.3 Å². The molecule has 0 saturated carbocycles. The zero-order valence-corrected chi connectivity index (χ0v) is 15.7. The summed E-state index contributed by atoms with van der Waals surface area (Å²) in [5.41, 5.74) is 1.34. The van der Waals surface area contributed by atoms with Crippen LogP contribution in [-0.2, 0) is 0 Å². The molecule has 28 heavy (non-hydrogen) atoms. The fourth-order valence-electron chi connectivity index (χ4n) is 3.47. The minimum Gasteiger partial charge on any atom is -0.356 e. The van der Waals surface area contributed by atoms with Gasteiger partial charge in [0.2, 0.25) is 0 Å². The molecule has 1 N–H and O–H groups in total. The van der Waals surface area contributed by atoms with Crippen LogP contribution in [0.2, 0.25) is 0 Å². The van der Waals surface area contributed by atoms with Crippen molar-refractivity contribution in [2.24, 2.45) is 0 Å². The number of hydrogen-bond donors (Lipinski definition) is 1. The van der Waals surface area contributed by atoms with Crippen LogP contribution in [0, 0.1) is 6.92 Å². The highest BCUT2D eigenvalue weighted by molar-refractivity contribution is 6.02. The molecule has 1 amide bonds. The highest BCUT2D eigenvalue weighted by atomic mass is 16.1. The van der Waals surface area contributed by atoms with Gasteiger partial charge in [-0.15, -0.1) is 0 Å². The Hall–Kier alpha value is -3.35. The molecule has 4 rings (SSSR count). The predicted molar refractivity (Wildman–Crippen MR) is 107 cm³/mol. The van der Waals surface area contributed by atoms with E-state index in [-0.39, 0.29) is 11.8 Å². The molecule has 1 atom stereocenters. The van der Waals surface area contributed by atoms with E-state index >= 15 is 0 Å². The van der Waals surface area contributed by atoms with Crippen molar-refractivity contribution in [2.45, 2.75) is 25.7 Å². The number of piperidine rings is 1. The number of aromatic nitrogens is 4. The number of anilines is 2. The topological polar surface area (TPSA) is 83.9 Å². The van der Waals surface area contributed by atoms with Crippen LogP contribution in [0.3, 0.4) is 0 Å². The molecule has 1 aliphatic rings. The fraction of sp³-hybridized carbons (Fsp3) is 0.286. The summed E-state index contributed by atoms with van der Waals surface area (Å²) in [6.07, 6.45) is 5.53. The Morgan fingerprint density at radius 1 is 1.07 bits per heavy atom. The van der Waals surface area contributed by atoms with Gasteiger partial charge >= 0.3 is 0 Å². The molecule has 1 aliphatic heterocycles. The monoisotopic (exact) mass is 374 g/mol. The molecule has 0 bridgehead atoms. The van der Waals surface area contributed by atoms with Gasteiger partial charge in [0.1, 0.15) is 23.2 Å². The van der Waals surface area contributed by atoms with Gasteiger partial charge < -0.3 is 10.2 Å². The third-order valence-corrected chi connectivity index (χ3v) is 4.83. The number of aryl methyl sites for hydroxylation is 1. The quantitative estimate of drug-likeness (QED) is 0.755. The molecule has 4 heterocycles. The lowest BCUT2D eigenvalue weighted by Gasteiger charge is -2.33. The van der Waals surface area contributed by atoms with Crippen LogP contribution < -0.4 is 10.2 Å². The first-order valence-corrected chi connectivity index (χ1v) is 9.43. The van der Waals surface area contributed by atoms with Gasteiger partial charge in [0.05, 0.1) is 0 Å². The smallest absolute Gasteiger partial charge is 0.275 e. The Bertz CT molecular complexity index is 962. The predicted octanol–water partition coefficient (Wildman–Crippen LogP) is 3.21.